The monoisotopic (exact) mass is 474 g/mol. The second-order valence-corrected chi connectivity index (χ2v) is 9.41. The largest absolute Gasteiger partial charge is 0.416 e. The molecule has 0 bridgehead atoms. The van der Waals surface area contributed by atoms with Crippen molar-refractivity contribution in [3.05, 3.63) is 70.4 Å². The zero-order chi connectivity index (χ0) is 24.7. The standard InChI is InChI=1S/C22H17F3N4O3S/c1-13-18(12-27)20(17-8-7-14(11-26)9-19(17)33(3,31)32)28(2)21(30)29(13)16-6-4-5-15(10-16)22(23,24)25/h4-10,20H,1-3H3. The summed E-state index contributed by atoms with van der Waals surface area (Å²) in [5.74, 6) is 0. The second kappa shape index (κ2) is 8.26. The third-order valence-corrected chi connectivity index (χ3v) is 6.42. The van der Waals surface area contributed by atoms with Crippen LogP contribution in [-0.4, -0.2) is 32.7 Å². The number of halogens is 3. The van der Waals surface area contributed by atoms with E-state index < -0.39 is 33.6 Å². The summed E-state index contributed by atoms with van der Waals surface area (Å²) >= 11 is 0. The molecule has 7 nitrogen and oxygen atoms in total. The number of alkyl halides is 3. The quantitative estimate of drug-likeness (QED) is 0.656. The van der Waals surface area contributed by atoms with Gasteiger partial charge in [-0.05, 0) is 42.8 Å². The number of nitriles is 2. The number of carbonyl (C=O) groups is 1. The average Bonchev–Trinajstić information content (AvgIpc) is 2.75. The van der Waals surface area contributed by atoms with Crippen molar-refractivity contribution < 1.29 is 26.4 Å². The molecule has 3 rings (SSSR count). The van der Waals surface area contributed by atoms with Crippen molar-refractivity contribution in [2.45, 2.75) is 24.0 Å². The Bertz CT molecular complexity index is 1370. The van der Waals surface area contributed by atoms with E-state index in [1.165, 1.54) is 32.2 Å². The highest BCUT2D eigenvalue weighted by molar-refractivity contribution is 7.90. The van der Waals surface area contributed by atoms with Crippen molar-refractivity contribution in [3.63, 3.8) is 0 Å². The first-order chi connectivity index (χ1) is 15.3. The topological polar surface area (TPSA) is 105 Å². The Hall–Kier alpha value is -3.83. The van der Waals surface area contributed by atoms with E-state index in [2.05, 4.69) is 0 Å². The van der Waals surface area contributed by atoms with Crippen LogP contribution in [0.5, 0.6) is 0 Å². The smallest absolute Gasteiger partial charge is 0.315 e. The minimum absolute atomic E-state index is 0.0240. The number of carbonyl (C=O) groups excluding carboxylic acids is 1. The van der Waals surface area contributed by atoms with Crippen molar-refractivity contribution in [2.75, 3.05) is 18.2 Å². The summed E-state index contributed by atoms with van der Waals surface area (Å²) < 4.78 is 64.4. The van der Waals surface area contributed by atoms with Crippen LogP contribution in [0.1, 0.15) is 29.7 Å². The van der Waals surface area contributed by atoms with Gasteiger partial charge in [-0.3, -0.25) is 4.90 Å². The number of nitrogens with zero attached hydrogens (tertiary/aromatic N) is 4. The molecule has 0 saturated heterocycles. The van der Waals surface area contributed by atoms with Crippen LogP contribution < -0.4 is 4.90 Å². The zero-order valence-corrected chi connectivity index (χ0v) is 18.5. The highest BCUT2D eigenvalue weighted by atomic mass is 32.2. The molecule has 1 unspecified atom stereocenters. The van der Waals surface area contributed by atoms with Crippen LogP contribution in [0.3, 0.4) is 0 Å². The molecule has 1 aliphatic heterocycles. The number of anilines is 1. The Kier molecular flexibility index (Phi) is 5.96. The fourth-order valence-corrected chi connectivity index (χ4v) is 4.65. The Labute approximate surface area is 188 Å². The summed E-state index contributed by atoms with van der Waals surface area (Å²) in [6, 6.07) is 9.95. The molecule has 2 aromatic rings. The summed E-state index contributed by atoms with van der Waals surface area (Å²) in [5, 5.41) is 19.0. The summed E-state index contributed by atoms with van der Waals surface area (Å²) in [6.45, 7) is 1.40. The maximum Gasteiger partial charge on any atom is 0.416 e. The first kappa shape index (κ1) is 23.8. The van der Waals surface area contributed by atoms with E-state index in [4.69, 9.17) is 5.26 Å². The highest BCUT2D eigenvalue weighted by Crippen LogP contribution is 2.41. The van der Waals surface area contributed by atoms with Gasteiger partial charge in [0.2, 0.25) is 0 Å². The Morgan fingerprint density at radius 2 is 1.73 bits per heavy atom. The van der Waals surface area contributed by atoms with Gasteiger partial charge < -0.3 is 4.90 Å². The first-order valence-corrected chi connectivity index (χ1v) is 11.3. The van der Waals surface area contributed by atoms with Gasteiger partial charge in [0, 0.05) is 19.0 Å². The summed E-state index contributed by atoms with van der Waals surface area (Å²) in [5.41, 5.74) is -0.831. The summed E-state index contributed by atoms with van der Waals surface area (Å²) in [4.78, 5) is 15.1. The number of rotatable bonds is 3. The van der Waals surface area contributed by atoms with Crippen LogP contribution in [-0.2, 0) is 16.0 Å². The number of amides is 2. The normalized spacial score (nSPS) is 17.1. The minimum atomic E-state index is -4.63. The fraction of sp³-hybridized carbons (Fsp3) is 0.227. The van der Waals surface area contributed by atoms with Gasteiger partial charge in [0.15, 0.2) is 9.84 Å². The summed E-state index contributed by atoms with van der Waals surface area (Å²) in [7, 11) is -2.53. The molecule has 0 fully saturated rings. The number of urea groups is 1. The third kappa shape index (κ3) is 4.28. The molecule has 0 N–H and O–H groups in total. The van der Waals surface area contributed by atoms with E-state index >= 15 is 0 Å². The SMILES string of the molecule is CC1=C(C#N)C(c2ccc(C#N)cc2S(C)(=O)=O)N(C)C(=O)N1c1cccc(C(F)(F)F)c1. The number of likely N-dealkylation sites (N-methyl/N-ethyl adjacent to an activating group) is 1. The van der Waals surface area contributed by atoms with Gasteiger partial charge in [0.1, 0.15) is 0 Å². The van der Waals surface area contributed by atoms with Gasteiger partial charge in [0.05, 0.1) is 45.5 Å². The average molecular weight is 474 g/mol. The lowest BCUT2D eigenvalue weighted by Gasteiger charge is -2.40. The number of hydrogen-bond donors (Lipinski definition) is 0. The van der Waals surface area contributed by atoms with Gasteiger partial charge in [0.25, 0.3) is 0 Å². The first-order valence-electron chi connectivity index (χ1n) is 9.40. The van der Waals surface area contributed by atoms with Gasteiger partial charge in [-0.15, -0.1) is 0 Å². The van der Waals surface area contributed by atoms with Crippen LogP contribution in [0.4, 0.5) is 23.7 Å². The Morgan fingerprint density at radius 3 is 2.27 bits per heavy atom. The van der Waals surface area contributed by atoms with Gasteiger partial charge in [-0.1, -0.05) is 12.1 Å². The molecular weight excluding hydrogens is 457 g/mol. The molecule has 0 aliphatic carbocycles. The molecule has 0 aromatic heterocycles. The van der Waals surface area contributed by atoms with Crippen molar-refractivity contribution >= 4 is 21.6 Å². The van der Waals surface area contributed by atoms with E-state index in [1.54, 1.807) is 0 Å². The van der Waals surface area contributed by atoms with E-state index in [9.17, 15) is 31.6 Å². The van der Waals surface area contributed by atoms with E-state index in [0.717, 1.165) is 40.3 Å². The lowest BCUT2D eigenvalue weighted by atomic mass is 9.93. The van der Waals surface area contributed by atoms with Gasteiger partial charge in [-0.25, -0.2) is 13.2 Å². The zero-order valence-electron chi connectivity index (χ0n) is 17.7. The van der Waals surface area contributed by atoms with Crippen LogP contribution >= 0.6 is 0 Å². The lowest BCUT2D eigenvalue weighted by molar-refractivity contribution is -0.137. The molecule has 1 atom stereocenters. The van der Waals surface area contributed by atoms with Gasteiger partial charge >= 0.3 is 12.2 Å². The lowest BCUT2D eigenvalue weighted by Crippen LogP contribution is -2.47. The van der Waals surface area contributed by atoms with Crippen molar-refractivity contribution in [3.8, 4) is 12.1 Å². The second-order valence-electron chi connectivity index (χ2n) is 7.43. The van der Waals surface area contributed by atoms with E-state index in [0.29, 0.717) is 0 Å². The summed E-state index contributed by atoms with van der Waals surface area (Å²) in [6.07, 6.45) is -3.69. The number of benzene rings is 2. The van der Waals surface area contributed by atoms with Crippen LogP contribution in [0.25, 0.3) is 0 Å². The molecule has 11 heteroatoms. The fourth-order valence-electron chi connectivity index (χ4n) is 3.71. The predicted octanol–water partition coefficient (Wildman–Crippen LogP) is 4.39. The third-order valence-electron chi connectivity index (χ3n) is 5.27. The molecule has 1 heterocycles. The van der Waals surface area contributed by atoms with Crippen molar-refractivity contribution in [2.24, 2.45) is 0 Å². The minimum Gasteiger partial charge on any atom is -0.315 e. The molecule has 170 valence electrons. The number of sulfone groups is 1. The highest BCUT2D eigenvalue weighted by Gasteiger charge is 2.40. The van der Waals surface area contributed by atoms with Crippen LogP contribution in [0.2, 0.25) is 0 Å². The molecular formula is C22H17F3N4O3S. The van der Waals surface area contributed by atoms with Gasteiger partial charge in [-0.2, -0.15) is 23.7 Å². The molecule has 2 aromatic carbocycles. The number of hydrogen-bond acceptors (Lipinski definition) is 5. The molecule has 0 radical (unpaired) electrons. The molecule has 0 spiro atoms. The molecule has 1 aliphatic rings. The van der Waals surface area contributed by atoms with E-state index in [1.807, 2.05) is 12.1 Å². The molecule has 0 saturated carbocycles. The molecule has 33 heavy (non-hydrogen) atoms. The number of allylic oxidation sites excluding steroid dienone is 1. The predicted molar refractivity (Wildman–Crippen MR) is 112 cm³/mol. The van der Waals surface area contributed by atoms with Crippen molar-refractivity contribution in [1.82, 2.24) is 4.90 Å². The maximum atomic E-state index is 13.3. The Balaban J connectivity index is 2.25. The van der Waals surface area contributed by atoms with Crippen molar-refractivity contribution in [1.29, 1.82) is 10.5 Å². The Morgan fingerprint density at radius 1 is 1.06 bits per heavy atom. The maximum absolute atomic E-state index is 13.3. The van der Waals surface area contributed by atoms with E-state index in [-0.39, 0.29) is 33.0 Å². The van der Waals surface area contributed by atoms with Crippen LogP contribution in [0.15, 0.2) is 58.6 Å². The molecule has 2 amide bonds. The van der Waals surface area contributed by atoms with Crippen LogP contribution in [0, 0.1) is 22.7 Å².